The summed E-state index contributed by atoms with van der Waals surface area (Å²) >= 11 is 0. The van der Waals surface area contributed by atoms with E-state index >= 15 is 0 Å². The van der Waals surface area contributed by atoms with Gasteiger partial charge in [-0.3, -0.25) is 0 Å². The second-order valence-corrected chi connectivity index (χ2v) is 5.08. The molecule has 0 N–H and O–H groups in total. The third-order valence-corrected chi connectivity index (χ3v) is 3.12. The maximum absolute atomic E-state index is 9.22. The molecule has 1 aromatic carbocycles. The van der Waals surface area contributed by atoms with E-state index in [9.17, 15) is 5.26 Å². The minimum Gasteiger partial charge on any atom is -0.330 e. The SMILES string of the molecule is CC(C)Cn1cnc2c(C#N)nc3ccccc3c21. The summed E-state index contributed by atoms with van der Waals surface area (Å²) in [7, 11) is 0. The van der Waals surface area contributed by atoms with Gasteiger partial charge in [-0.15, -0.1) is 0 Å². The summed E-state index contributed by atoms with van der Waals surface area (Å²) in [5.41, 5.74) is 2.95. The second kappa shape index (κ2) is 4.36. The monoisotopic (exact) mass is 250 g/mol. The van der Waals surface area contributed by atoms with Crippen molar-refractivity contribution in [3.8, 4) is 6.07 Å². The molecule has 3 aromatic rings. The Morgan fingerprint density at radius 3 is 2.84 bits per heavy atom. The summed E-state index contributed by atoms with van der Waals surface area (Å²) in [6.45, 7) is 5.22. The number of pyridine rings is 1. The average molecular weight is 250 g/mol. The third-order valence-electron chi connectivity index (χ3n) is 3.12. The molecule has 0 saturated heterocycles. The molecule has 0 unspecified atom stereocenters. The van der Waals surface area contributed by atoms with Crippen LogP contribution in [-0.4, -0.2) is 14.5 Å². The fourth-order valence-corrected chi connectivity index (χ4v) is 2.39. The van der Waals surface area contributed by atoms with Crippen LogP contribution < -0.4 is 0 Å². The number of aromatic nitrogens is 3. The van der Waals surface area contributed by atoms with E-state index in [0.717, 1.165) is 23.0 Å². The van der Waals surface area contributed by atoms with Crippen LogP contribution in [0.5, 0.6) is 0 Å². The van der Waals surface area contributed by atoms with Crippen molar-refractivity contribution in [2.75, 3.05) is 0 Å². The number of hydrogen-bond acceptors (Lipinski definition) is 3. The minimum absolute atomic E-state index is 0.399. The highest BCUT2D eigenvalue weighted by atomic mass is 15.1. The maximum atomic E-state index is 9.22. The Kier molecular flexibility index (Phi) is 2.68. The predicted octanol–water partition coefficient (Wildman–Crippen LogP) is 3.11. The summed E-state index contributed by atoms with van der Waals surface area (Å²) in [4.78, 5) is 8.75. The van der Waals surface area contributed by atoms with E-state index in [2.05, 4.69) is 34.5 Å². The number of rotatable bonds is 2. The fraction of sp³-hybridized carbons (Fsp3) is 0.267. The first-order valence-corrected chi connectivity index (χ1v) is 6.34. The van der Waals surface area contributed by atoms with Gasteiger partial charge in [-0.05, 0) is 12.0 Å². The van der Waals surface area contributed by atoms with Crippen LogP contribution in [0.4, 0.5) is 0 Å². The third kappa shape index (κ3) is 1.84. The van der Waals surface area contributed by atoms with Crippen LogP contribution in [0.3, 0.4) is 0 Å². The predicted molar refractivity (Wildman–Crippen MR) is 74.6 cm³/mol. The second-order valence-electron chi connectivity index (χ2n) is 5.08. The summed E-state index contributed by atoms with van der Waals surface area (Å²) < 4.78 is 2.12. The Labute approximate surface area is 111 Å². The maximum Gasteiger partial charge on any atom is 0.169 e. The quantitative estimate of drug-likeness (QED) is 0.702. The van der Waals surface area contributed by atoms with E-state index < -0.39 is 0 Å². The van der Waals surface area contributed by atoms with Gasteiger partial charge in [0.15, 0.2) is 5.69 Å². The molecular formula is C15H14N4. The molecule has 0 saturated carbocycles. The highest BCUT2D eigenvalue weighted by Gasteiger charge is 2.13. The van der Waals surface area contributed by atoms with Gasteiger partial charge in [0.2, 0.25) is 0 Å². The molecule has 0 bridgehead atoms. The van der Waals surface area contributed by atoms with Gasteiger partial charge in [0.1, 0.15) is 11.6 Å². The molecule has 2 heterocycles. The normalized spacial score (nSPS) is 11.3. The molecule has 2 aromatic heterocycles. The van der Waals surface area contributed by atoms with Crippen LogP contribution >= 0.6 is 0 Å². The molecule has 0 fully saturated rings. The molecule has 4 heteroatoms. The topological polar surface area (TPSA) is 54.5 Å². The Balaban J connectivity index is 2.43. The number of nitrogens with zero attached hydrogens (tertiary/aromatic N) is 4. The largest absolute Gasteiger partial charge is 0.330 e. The Morgan fingerprint density at radius 1 is 1.32 bits per heavy atom. The van der Waals surface area contributed by atoms with Crippen LogP contribution in [0.2, 0.25) is 0 Å². The minimum atomic E-state index is 0.399. The van der Waals surface area contributed by atoms with Crippen molar-refractivity contribution in [1.29, 1.82) is 5.26 Å². The van der Waals surface area contributed by atoms with Crippen molar-refractivity contribution in [1.82, 2.24) is 14.5 Å². The van der Waals surface area contributed by atoms with Crippen LogP contribution in [0, 0.1) is 17.2 Å². The Hall–Kier alpha value is -2.41. The van der Waals surface area contributed by atoms with Crippen LogP contribution in [0.15, 0.2) is 30.6 Å². The molecule has 0 aliphatic heterocycles. The first kappa shape index (κ1) is 11.7. The molecule has 0 radical (unpaired) electrons. The number of fused-ring (bicyclic) bond motifs is 3. The van der Waals surface area contributed by atoms with Crippen molar-refractivity contribution in [3.63, 3.8) is 0 Å². The molecule has 0 spiro atoms. The number of hydrogen-bond donors (Lipinski definition) is 0. The van der Waals surface area contributed by atoms with Gasteiger partial charge < -0.3 is 4.57 Å². The summed E-state index contributed by atoms with van der Waals surface area (Å²) in [6.07, 6.45) is 1.81. The highest BCUT2D eigenvalue weighted by molar-refractivity contribution is 6.04. The van der Waals surface area contributed by atoms with Crippen LogP contribution in [-0.2, 0) is 6.54 Å². The van der Waals surface area contributed by atoms with Gasteiger partial charge in [0, 0.05) is 11.9 Å². The lowest BCUT2D eigenvalue weighted by Gasteiger charge is -2.09. The number of imidazole rings is 1. The van der Waals surface area contributed by atoms with Gasteiger partial charge in [-0.25, -0.2) is 9.97 Å². The van der Waals surface area contributed by atoms with Crippen molar-refractivity contribution in [3.05, 3.63) is 36.3 Å². The molecule has 94 valence electrons. The van der Waals surface area contributed by atoms with Crippen molar-refractivity contribution in [2.24, 2.45) is 5.92 Å². The van der Waals surface area contributed by atoms with Crippen molar-refractivity contribution >= 4 is 21.9 Å². The molecule has 0 aliphatic rings. The first-order chi connectivity index (χ1) is 9.20. The lowest BCUT2D eigenvalue weighted by Crippen LogP contribution is -2.03. The zero-order valence-electron chi connectivity index (χ0n) is 11.0. The Morgan fingerprint density at radius 2 is 2.11 bits per heavy atom. The van der Waals surface area contributed by atoms with E-state index in [1.807, 2.05) is 24.3 Å². The molecule has 3 rings (SSSR count). The average Bonchev–Trinajstić information content (AvgIpc) is 2.81. The van der Waals surface area contributed by atoms with Gasteiger partial charge in [0.25, 0.3) is 0 Å². The standard InChI is InChI=1S/C15H14N4/c1-10(2)8-19-9-17-14-13(7-16)18-12-6-4-3-5-11(12)15(14)19/h3-6,9-10H,8H2,1-2H3. The molecule has 4 nitrogen and oxygen atoms in total. The van der Waals surface area contributed by atoms with Gasteiger partial charge >= 0.3 is 0 Å². The lowest BCUT2D eigenvalue weighted by atomic mass is 10.1. The first-order valence-electron chi connectivity index (χ1n) is 6.34. The number of benzene rings is 1. The number of nitriles is 1. The van der Waals surface area contributed by atoms with Gasteiger partial charge in [-0.1, -0.05) is 32.0 Å². The zero-order chi connectivity index (χ0) is 13.4. The van der Waals surface area contributed by atoms with E-state index in [4.69, 9.17) is 0 Å². The lowest BCUT2D eigenvalue weighted by molar-refractivity contribution is 0.533. The van der Waals surface area contributed by atoms with Crippen molar-refractivity contribution in [2.45, 2.75) is 20.4 Å². The Bertz CT molecular complexity index is 793. The molecule has 0 aliphatic carbocycles. The summed E-state index contributed by atoms with van der Waals surface area (Å²) in [5, 5.41) is 10.3. The van der Waals surface area contributed by atoms with E-state index in [-0.39, 0.29) is 0 Å². The molecule has 0 atom stereocenters. The van der Waals surface area contributed by atoms with Gasteiger partial charge in [0.05, 0.1) is 17.4 Å². The molecule has 19 heavy (non-hydrogen) atoms. The van der Waals surface area contributed by atoms with E-state index in [1.54, 1.807) is 6.33 Å². The highest BCUT2D eigenvalue weighted by Crippen LogP contribution is 2.25. The number of para-hydroxylation sites is 1. The molecule has 0 amide bonds. The van der Waals surface area contributed by atoms with Gasteiger partial charge in [-0.2, -0.15) is 5.26 Å². The molecular weight excluding hydrogens is 236 g/mol. The van der Waals surface area contributed by atoms with Crippen LogP contribution in [0.25, 0.3) is 21.9 Å². The summed E-state index contributed by atoms with van der Waals surface area (Å²) in [5.74, 6) is 0.523. The van der Waals surface area contributed by atoms with Crippen LogP contribution in [0.1, 0.15) is 19.5 Å². The van der Waals surface area contributed by atoms with Crippen molar-refractivity contribution < 1.29 is 0 Å². The fourth-order valence-electron chi connectivity index (χ4n) is 2.39. The zero-order valence-corrected chi connectivity index (χ0v) is 11.0. The summed E-state index contributed by atoms with van der Waals surface area (Å²) in [6, 6.07) is 10.0. The van der Waals surface area contributed by atoms with E-state index in [0.29, 0.717) is 17.1 Å². The smallest absolute Gasteiger partial charge is 0.169 e. The van der Waals surface area contributed by atoms with E-state index in [1.165, 1.54) is 0 Å².